The van der Waals surface area contributed by atoms with Crippen LogP contribution >= 0.6 is 0 Å². The summed E-state index contributed by atoms with van der Waals surface area (Å²) in [5, 5.41) is 0. The van der Waals surface area contributed by atoms with E-state index in [9.17, 15) is 4.79 Å². The molecule has 14 heavy (non-hydrogen) atoms. The third kappa shape index (κ3) is 1.69. The van der Waals surface area contributed by atoms with E-state index in [4.69, 9.17) is 14.2 Å². The zero-order chi connectivity index (χ0) is 10.3. The molecule has 0 aromatic heterocycles. The van der Waals surface area contributed by atoms with Gasteiger partial charge in [-0.05, 0) is 20.3 Å². The third-order valence-electron chi connectivity index (χ3n) is 2.47. The second kappa shape index (κ2) is 3.61. The molecule has 0 bridgehead atoms. The molecule has 0 aliphatic carbocycles. The van der Waals surface area contributed by atoms with Gasteiger partial charge in [0, 0.05) is 0 Å². The van der Waals surface area contributed by atoms with Crippen molar-refractivity contribution in [2.24, 2.45) is 0 Å². The molecule has 0 spiro atoms. The number of ketones is 1. The van der Waals surface area contributed by atoms with Crippen LogP contribution in [0.3, 0.4) is 0 Å². The smallest absolute Gasteiger partial charge is 0.193 e. The van der Waals surface area contributed by atoms with Gasteiger partial charge < -0.3 is 14.2 Å². The molecule has 2 rings (SSSR count). The zero-order valence-electron chi connectivity index (χ0n) is 8.73. The lowest BCUT2D eigenvalue weighted by molar-refractivity contribution is -0.203. The summed E-state index contributed by atoms with van der Waals surface area (Å²) in [7, 11) is 0. The van der Waals surface area contributed by atoms with Crippen molar-refractivity contribution in [3.8, 4) is 0 Å². The van der Waals surface area contributed by atoms with Crippen molar-refractivity contribution in [1.29, 1.82) is 0 Å². The minimum Gasteiger partial charge on any atom is -0.356 e. The van der Waals surface area contributed by atoms with Gasteiger partial charge in [0.05, 0.1) is 6.10 Å². The topological polar surface area (TPSA) is 48.1 Å². The van der Waals surface area contributed by atoms with E-state index in [1.165, 1.54) is 0 Å². The monoisotopic (exact) mass is 200 g/mol. The quantitative estimate of drug-likeness (QED) is 0.634. The Kier molecular flexibility index (Phi) is 2.60. The Morgan fingerprint density at radius 2 is 2.14 bits per heavy atom. The van der Waals surface area contributed by atoms with Gasteiger partial charge in [-0.25, -0.2) is 0 Å². The van der Waals surface area contributed by atoms with Crippen molar-refractivity contribution in [2.75, 3.05) is 0 Å². The average Bonchev–Trinajstić information content (AvgIpc) is 2.89. The fraction of sp³-hybridized carbons (Fsp3) is 0.900. The Bertz CT molecular complexity index is 238. The number of carbonyl (C=O) groups excluding carboxylic acids is 1. The number of fused-ring (bicyclic) bond motifs is 1. The van der Waals surface area contributed by atoms with E-state index in [-0.39, 0.29) is 36.5 Å². The van der Waals surface area contributed by atoms with Gasteiger partial charge >= 0.3 is 0 Å². The first-order valence-electron chi connectivity index (χ1n) is 5.13. The van der Waals surface area contributed by atoms with Gasteiger partial charge in [-0.15, -0.1) is 0 Å². The predicted octanol–water partition coefficient (Wildman–Crippen LogP) is 0.883. The maximum absolute atomic E-state index is 11.5. The van der Waals surface area contributed by atoms with Crippen molar-refractivity contribution in [2.45, 2.75) is 57.9 Å². The van der Waals surface area contributed by atoms with Crippen LogP contribution in [0, 0.1) is 0 Å². The average molecular weight is 200 g/mol. The Labute approximate surface area is 83.5 Å². The number of hydrogen-bond acceptors (Lipinski definition) is 4. The van der Waals surface area contributed by atoms with E-state index in [0.717, 1.165) is 0 Å². The van der Waals surface area contributed by atoms with Crippen LogP contribution in [0.15, 0.2) is 0 Å². The highest BCUT2D eigenvalue weighted by Gasteiger charge is 2.57. The predicted molar refractivity (Wildman–Crippen MR) is 48.8 cm³/mol. The Morgan fingerprint density at radius 1 is 1.43 bits per heavy atom. The van der Waals surface area contributed by atoms with Gasteiger partial charge in [0.2, 0.25) is 0 Å². The van der Waals surface area contributed by atoms with Crippen LogP contribution in [-0.4, -0.2) is 36.5 Å². The van der Waals surface area contributed by atoms with E-state index >= 15 is 0 Å². The highest BCUT2D eigenvalue weighted by Crippen LogP contribution is 2.36. The molecule has 2 saturated heterocycles. The highest BCUT2D eigenvalue weighted by molar-refractivity contribution is 5.90. The van der Waals surface area contributed by atoms with Gasteiger partial charge in [0.15, 0.2) is 18.2 Å². The second-order valence-corrected chi connectivity index (χ2v) is 4.01. The van der Waals surface area contributed by atoms with Crippen molar-refractivity contribution >= 4 is 5.78 Å². The number of ether oxygens (including phenoxy) is 3. The lowest BCUT2D eigenvalue weighted by Gasteiger charge is -2.26. The lowest BCUT2D eigenvalue weighted by atomic mass is 10.0. The Morgan fingerprint density at radius 3 is 2.71 bits per heavy atom. The third-order valence-corrected chi connectivity index (χ3v) is 2.47. The number of carbonyl (C=O) groups is 1. The van der Waals surface area contributed by atoms with Crippen LogP contribution in [0.5, 0.6) is 0 Å². The van der Waals surface area contributed by atoms with Crippen LogP contribution in [0.25, 0.3) is 0 Å². The summed E-state index contributed by atoms with van der Waals surface area (Å²) in [4.78, 5) is 11.5. The summed E-state index contributed by atoms with van der Waals surface area (Å²) < 4.78 is 16.3. The molecule has 0 saturated carbocycles. The molecule has 2 aliphatic heterocycles. The molecule has 0 N–H and O–H groups in total. The summed E-state index contributed by atoms with van der Waals surface area (Å²) in [5.74, 6) is 0.0705. The van der Waals surface area contributed by atoms with Crippen LogP contribution in [0.4, 0.5) is 0 Å². The van der Waals surface area contributed by atoms with E-state index in [0.29, 0.717) is 6.42 Å². The molecule has 80 valence electrons. The number of hydrogen-bond donors (Lipinski definition) is 0. The molecule has 0 amide bonds. The van der Waals surface area contributed by atoms with E-state index in [1.807, 2.05) is 20.8 Å². The molecule has 2 fully saturated rings. The molecule has 4 unspecified atom stereocenters. The summed E-state index contributed by atoms with van der Waals surface area (Å²) in [6.07, 6.45) is -0.352. The molecule has 2 aliphatic rings. The highest BCUT2D eigenvalue weighted by atomic mass is 16.7. The maximum Gasteiger partial charge on any atom is 0.193 e. The SMILES string of the molecule is CCC1OC(OC(C)C)C2OC2C1=O. The first-order chi connectivity index (χ1) is 6.63. The summed E-state index contributed by atoms with van der Waals surface area (Å²) in [5.41, 5.74) is 0. The van der Waals surface area contributed by atoms with Crippen molar-refractivity contribution < 1.29 is 19.0 Å². The second-order valence-electron chi connectivity index (χ2n) is 4.01. The Hall–Kier alpha value is -0.450. The van der Waals surface area contributed by atoms with E-state index in [2.05, 4.69) is 0 Å². The molecule has 0 aromatic rings. The molecular weight excluding hydrogens is 184 g/mol. The summed E-state index contributed by atoms with van der Waals surface area (Å²) >= 11 is 0. The number of Topliss-reactive ketones (excluding diaryl/α,β-unsaturated/α-hetero) is 1. The number of rotatable bonds is 3. The van der Waals surface area contributed by atoms with Crippen molar-refractivity contribution in [3.63, 3.8) is 0 Å². The molecule has 4 nitrogen and oxygen atoms in total. The Balaban J connectivity index is 1.98. The van der Waals surface area contributed by atoms with Crippen LogP contribution < -0.4 is 0 Å². The summed E-state index contributed by atoms with van der Waals surface area (Å²) in [6, 6.07) is 0. The molecule has 4 atom stereocenters. The van der Waals surface area contributed by atoms with Gasteiger partial charge in [-0.1, -0.05) is 6.92 Å². The largest absolute Gasteiger partial charge is 0.356 e. The zero-order valence-corrected chi connectivity index (χ0v) is 8.73. The number of epoxide rings is 1. The maximum atomic E-state index is 11.5. The van der Waals surface area contributed by atoms with Crippen molar-refractivity contribution in [3.05, 3.63) is 0 Å². The normalized spacial score (nSPS) is 41.3. The van der Waals surface area contributed by atoms with Gasteiger partial charge in [-0.2, -0.15) is 0 Å². The fourth-order valence-corrected chi connectivity index (χ4v) is 1.72. The minimum atomic E-state index is -0.359. The molecule has 2 heterocycles. The first kappa shape index (κ1) is 10.1. The lowest BCUT2D eigenvalue weighted by Crippen LogP contribution is -2.43. The molecule has 0 aromatic carbocycles. The van der Waals surface area contributed by atoms with Gasteiger partial charge in [0.25, 0.3) is 0 Å². The first-order valence-corrected chi connectivity index (χ1v) is 5.13. The minimum absolute atomic E-state index is 0.0705. The van der Waals surface area contributed by atoms with E-state index < -0.39 is 0 Å². The molecule has 4 heteroatoms. The van der Waals surface area contributed by atoms with Crippen LogP contribution in [0.2, 0.25) is 0 Å². The van der Waals surface area contributed by atoms with Crippen molar-refractivity contribution in [1.82, 2.24) is 0 Å². The summed E-state index contributed by atoms with van der Waals surface area (Å²) in [6.45, 7) is 5.81. The van der Waals surface area contributed by atoms with Crippen LogP contribution in [0.1, 0.15) is 27.2 Å². The van der Waals surface area contributed by atoms with Gasteiger partial charge in [0.1, 0.15) is 12.2 Å². The van der Waals surface area contributed by atoms with E-state index in [1.54, 1.807) is 0 Å². The molecule has 0 radical (unpaired) electrons. The van der Waals surface area contributed by atoms with Gasteiger partial charge in [-0.3, -0.25) is 4.79 Å². The molecular formula is C10H16O4. The fourth-order valence-electron chi connectivity index (χ4n) is 1.72. The van der Waals surface area contributed by atoms with Crippen LogP contribution in [-0.2, 0) is 19.0 Å². The standard InChI is InChI=1S/C10H16O4/c1-4-6-7(11)8-9(14-8)10(13-6)12-5(2)3/h5-6,8-10H,4H2,1-3H3.